The van der Waals surface area contributed by atoms with Crippen LogP contribution in [0, 0.1) is 0 Å². The van der Waals surface area contributed by atoms with E-state index >= 15 is 0 Å². The van der Waals surface area contributed by atoms with Crippen LogP contribution in [0.25, 0.3) is 11.5 Å². The summed E-state index contributed by atoms with van der Waals surface area (Å²) in [6.07, 6.45) is 1.64. The highest BCUT2D eigenvalue weighted by molar-refractivity contribution is 14.0. The lowest BCUT2D eigenvalue weighted by atomic mass is 10.2. The second-order valence-electron chi connectivity index (χ2n) is 6.23. The van der Waals surface area contributed by atoms with E-state index in [-0.39, 0.29) is 30.8 Å². The van der Waals surface area contributed by atoms with E-state index in [0.29, 0.717) is 37.3 Å². The second-order valence-corrected chi connectivity index (χ2v) is 6.23. The molecule has 1 aromatic heterocycles. The van der Waals surface area contributed by atoms with Gasteiger partial charge < -0.3 is 29.3 Å². The van der Waals surface area contributed by atoms with Crippen molar-refractivity contribution in [2.24, 2.45) is 4.99 Å². The van der Waals surface area contributed by atoms with Gasteiger partial charge in [-0.1, -0.05) is 18.2 Å². The maximum absolute atomic E-state index is 5.73. The smallest absolute Gasteiger partial charge is 0.231 e. The van der Waals surface area contributed by atoms with Gasteiger partial charge in [0.1, 0.15) is 18.6 Å². The fourth-order valence-electron chi connectivity index (χ4n) is 2.80. The highest BCUT2D eigenvalue weighted by Gasteiger charge is 2.13. The van der Waals surface area contributed by atoms with Gasteiger partial charge in [0.15, 0.2) is 17.5 Å². The summed E-state index contributed by atoms with van der Waals surface area (Å²) in [5, 5.41) is 6.41. The van der Waals surface area contributed by atoms with Gasteiger partial charge in [-0.15, -0.1) is 24.0 Å². The Morgan fingerprint density at radius 1 is 1.10 bits per heavy atom. The van der Waals surface area contributed by atoms with E-state index in [4.69, 9.17) is 18.6 Å². The van der Waals surface area contributed by atoms with Gasteiger partial charge in [-0.2, -0.15) is 0 Å². The molecule has 3 aromatic rings. The van der Waals surface area contributed by atoms with Crippen molar-refractivity contribution in [3.05, 3.63) is 60.5 Å². The summed E-state index contributed by atoms with van der Waals surface area (Å²) >= 11 is 0. The lowest BCUT2D eigenvalue weighted by molar-refractivity contribution is 0.173. The van der Waals surface area contributed by atoms with Crippen LogP contribution in [0.3, 0.4) is 0 Å². The predicted octanol–water partition coefficient (Wildman–Crippen LogP) is 3.43. The molecule has 0 saturated heterocycles. The summed E-state index contributed by atoms with van der Waals surface area (Å²) < 4.78 is 21.9. The number of halogens is 1. The average Bonchev–Trinajstić information content (AvgIpc) is 3.43. The van der Waals surface area contributed by atoms with E-state index < -0.39 is 0 Å². The maximum Gasteiger partial charge on any atom is 0.231 e. The molecule has 158 valence electrons. The minimum Gasteiger partial charge on any atom is -0.492 e. The van der Waals surface area contributed by atoms with E-state index in [1.54, 1.807) is 13.3 Å². The van der Waals surface area contributed by atoms with Gasteiger partial charge in [-0.25, -0.2) is 4.98 Å². The number of nitrogens with zero attached hydrogens (tertiary/aromatic N) is 2. The Morgan fingerprint density at radius 3 is 2.77 bits per heavy atom. The van der Waals surface area contributed by atoms with Crippen molar-refractivity contribution in [1.29, 1.82) is 0 Å². The monoisotopic (exact) mass is 522 g/mol. The predicted molar refractivity (Wildman–Crippen MR) is 124 cm³/mol. The van der Waals surface area contributed by atoms with Gasteiger partial charge in [0, 0.05) is 18.7 Å². The first-order valence-electron chi connectivity index (χ1n) is 9.28. The Balaban J connectivity index is 0.00000256. The number of guanidine groups is 1. The number of nitrogens with one attached hydrogen (secondary N) is 2. The molecule has 1 aliphatic heterocycles. The summed E-state index contributed by atoms with van der Waals surface area (Å²) in [5.41, 5.74) is 1.74. The van der Waals surface area contributed by atoms with Crippen LogP contribution >= 0.6 is 24.0 Å². The molecule has 0 bridgehead atoms. The average molecular weight is 522 g/mol. The molecule has 0 unspecified atom stereocenters. The molecule has 2 N–H and O–H groups in total. The minimum absolute atomic E-state index is 0. The fourth-order valence-corrected chi connectivity index (χ4v) is 2.80. The molecule has 8 nitrogen and oxygen atoms in total. The van der Waals surface area contributed by atoms with Crippen LogP contribution in [-0.2, 0) is 6.54 Å². The first-order valence-corrected chi connectivity index (χ1v) is 9.28. The quantitative estimate of drug-likeness (QED) is 0.213. The molecular weight excluding hydrogens is 499 g/mol. The summed E-state index contributed by atoms with van der Waals surface area (Å²) in [6.45, 7) is 1.81. The summed E-state index contributed by atoms with van der Waals surface area (Å²) in [5.74, 6) is 3.43. The van der Waals surface area contributed by atoms with Crippen LogP contribution < -0.4 is 24.8 Å². The van der Waals surface area contributed by atoms with Crippen molar-refractivity contribution in [2.75, 3.05) is 27.0 Å². The Morgan fingerprint density at radius 2 is 1.93 bits per heavy atom. The molecule has 0 fully saturated rings. The number of rotatable bonds is 7. The highest BCUT2D eigenvalue weighted by atomic mass is 127. The SMILES string of the molecule is CN=C(NCCOc1ccc2c(c1)OCO2)NCc1coc(-c2ccccc2)n1.I. The number of ether oxygens (including phenoxy) is 3. The maximum atomic E-state index is 5.73. The van der Waals surface area contributed by atoms with Gasteiger partial charge in [0.05, 0.1) is 18.8 Å². The van der Waals surface area contributed by atoms with Crippen LogP contribution in [0.15, 0.2) is 64.2 Å². The zero-order chi connectivity index (χ0) is 19.9. The molecule has 30 heavy (non-hydrogen) atoms. The Hall–Kier alpha value is -2.95. The highest BCUT2D eigenvalue weighted by Crippen LogP contribution is 2.34. The molecule has 2 heterocycles. The number of aliphatic imine (C=N–C) groups is 1. The van der Waals surface area contributed by atoms with Gasteiger partial charge >= 0.3 is 0 Å². The molecule has 2 aromatic carbocycles. The molecule has 0 atom stereocenters. The van der Waals surface area contributed by atoms with Gasteiger partial charge in [-0.3, -0.25) is 4.99 Å². The molecule has 0 amide bonds. The third kappa shape index (κ3) is 5.56. The van der Waals surface area contributed by atoms with Crippen LogP contribution in [0.1, 0.15) is 5.69 Å². The van der Waals surface area contributed by atoms with E-state index in [1.165, 1.54) is 0 Å². The standard InChI is InChI=1S/C21H22N4O4.HI/c1-22-21(23-9-10-26-17-7-8-18-19(11-17)29-14-28-18)24-12-16-13-27-20(25-16)15-5-3-2-4-6-15;/h2-8,11,13H,9-10,12,14H2,1H3,(H2,22,23,24);1H. The normalized spacial score (nSPS) is 12.2. The van der Waals surface area contributed by atoms with Gasteiger partial charge in [-0.05, 0) is 24.3 Å². The van der Waals surface area contributed by atoms with Crippen molar-refractivity contribution in [3.63, 3.8) is 0 Å². The molecule has 1 aliphatic rings. The van der Waals surface area contributed by atoms with Gasteiger partial charge in [0.2, 0.25) is 12.7 Å². The number of aromatic nitrogens is 1. The number of fused-ring (bicyclic) bond motifs is 1. The Labute approximate surface area is 191 Å². The van der Waals surface area contributed by atoms with E-state index in [2.05, 4.69) is 20.6 Å². The van der Waals surface area contributed by atoms with Gasteiger partial charge in [0.25, 0.3) is 0 Å². The van der Waals surface area contributed by atoms with E-state index in [9.17, 15) is 0 Å². The van der Waals surface area contributed by atoms with Crippen LogP contribution in [-0.4, -0.2) is 37.9 Å². The van der Waals surface area contributed by atoms with Crippen molar-refractivity contribution in [3.8, 4) is 28.7 Å². The molecule has 4 rings (SSSR count). The lowest BCUT2D eigenvalue weighted by Crippen LogP contribution is -2.38. The van der Waals surface area contributed by atoms with Crippen molar-refractivity contribution < 1.29 is 18.6 Å². The number of hydrogen-bond donors (Lipinski definition) is 2. The Bertz CT molecular complexity index is 978. The topological polar surface area (TPSA) is 90.1 Å². The van der Waals surface area contributed by atoms with Crippen molar-refractivity contribution >= 4 is 29.9 Å². The summed E-state index contributed by atoms with van der Waals surface area (Å²) in [4.78, 5) is 8.70. The Kier molecular flexibility index (Phi) is 7.77. The molecule has 9 heteroatoms. The van der Waals surface area contributed by atoms with E-state index in [0.717, 1.165) is 22.8 Å². The molecule has 0 aliphatic carbocycles. The third-order valence-electron chi connectivity index (χ3n) is 4.24. The van der Waals surface area contributed by atoms with Crippen molar-refractivity contribution in [1.82, 2.24) is 15.6 Å². The minimum atomic E-state index is 0. The number of hydrogen-bond acceptors (Lipinski definition) is 6. The number of benzene rings is 2. The second kappa shape index (κ2) is 10.7. The largest absolute Gasteiger partial charge is 0.492 e. The van der Waals surface area contributed by atoms with Crippen molar-refractivity contribution in [2.45, 2.75) is 6.54 Å². The number of oxazole rings is 1. The van der Waals surface area contributed by atoms with E-state index in [1.807, 2.05) is 48.5 Å². The third-order valence-corrected chi connectivity index (χ3v) is 4.24. The molecule has 0 spiro atoms. The van der Waals surface area contributed by atoms with Crippen LogP contribution in [0.4, 0.5) is 0 Å². The molecular formula is C21H23IN4O4. The summed E-state index contributed by atoms with van der Waals surface area (Å²) in [7, 11) is 1.71. The zero-order valence-corrected chi connectivity index (χ0v) is 18.8. The molecule has 0 saturated carbocycles. The molecule has 0 radical (unpaired) electrons. The lowest BCUT2D eigenvalue weighted by Gasteiger charge is -2.12. The fraction of sp³-hybridized carbons (Fsp3) is 0.238. The van der Waals surface area contributed by atoms with Crippen LogP contribution in [0.5, 0.6) is 17.2 Å². The first kappa shape index (κ1) is 21.8. The summed E-state index contributed by atoms with van der Waals surface area (Å²) in [6, 6.07) is 15.3. The zero-order valence-electron chi connectivity index (χ0n) is 16.5. The van der Waals surface area contributed by atoms with Crippen LogP contribution in [0.2, 0.25) is 0 Å². The first-order chi connectivity index (χ1) is 14.3.